The molecule has 0 aliphatic heterocycles. The van der Waals surface area contributed by atoms with Crippen molar-refractivity contribution in [2.45, 2.75) is 19.4 Å². The minimum Gasteiger partial charge on any atom is -0.469 e. The molecule has 76 valence electrons. The number of hydrogen-bond donors (Lipinski definition) is 0. The van der Waals surface area contributed by atoms with Gasteiger partial charge in [-0.2, -0.15) is 0 Å². The van der Waals surface area contributed by atoms with E-state index >= 15 is 0 Å². The molecule has 5 nitrogen and oxygen atoms in total. The molecule has 1 atom stereocenters. The van der Waals surface area contributed by atoms with Crippen molar-refractivity contribution >= 4 is 11.9 Å². The van der Waals surface area contributed by atoms with Crippen LogP contribution in [-0.2, 0) is 23.8 Å². The maximum atomic E-state index is 11.0. The standard InChI is InChI=1S/C8H14O5/c1-4-13-6(8(10)12-3)5-7(9)11-2/h6H,4-5H2,1-3H3/t6-/m1/s1. The van der Waals surface area contributed by atoms with Gasteiger partial charge in [0.25, 0.3) is 0 Å². The van der Waals surface area contributed by atoms with Crippen LogP contribution in [0.5, 0.6) is 0 Å². The summed E-state index contributed by atoms with van der Waals surface area (Å²) in [5.74, 6) is -1.06. The number of rotatable bonds is 5. The van der Waals surface area contributed by atoms with Crippen LogP contribution in [0.15, 0.2) is 0 Å². The highest BCUT2D eigenvalue weighted by molar-refractivity contribution is 5.81. The average molecular weight is 190 g/mol. The predicted molar refractivity (Wildman–Crippen MR) is 44.1 cm³/mol. The van der Waals surface area contributed by atoms with Crippen molar-refractivity contribution < 1.29 is 23.8 Å². The van der Waals surface area contributed by atoms with Crippen molar-refractivity contribution in [1.82, 2.24) is 0 Å². The first-order valence-electron chi connectivity index (χ1n) is 3.91. The van der Waals surface area contributed by atoms with Gasteiger partial charge in [-0.05, 0) is 6.92 Å². The van der Waals surface area contributed by atoms with E-state index in [1.807, 2.05) is 0 Å². The fraction of sp³-hybridized carbons (Fsp3) is 0.750. The molecule has 5 heteroatoms. The first-order chi connectivity index (χ1) is 6.15. The Labute approximate surface area is 77.0 Å². The normalized spacial score (nSPS) is 11.9. The number of ether oxygens (including phenoxy) is 3. The molecule has 0 amide bonds. The van der Waals surface area contributed by atoms with Crippen molar-refractivity contribution in [1.29, 1.82) is 0 Å². The molecule has 0 aliphatic carbocycles. The van der Waals surface area contributed by atoms with Crippen molar-refractivity contribution in [3.8, 4) is 0 Å². The summed E-state index contributed by atoms with van der Waals surface area (Å²) in [6.07, 6.45) is -0.973. The van der Waals surface area contributed by atoms with Crippen LogP contribution in [0.3, 0.4) is 0 Å². The van der Waals surface area contributed by atoms with E-state index in [1.54, 1.807) is 6.92 Å². The van der Waals surface area contributed by atoms with Gasteiger partial charge in [0, 0.05) is 6.61 Å². The second-order valence-corrected chi connectivity index (χ2v) is 2.25. The van der Waals surface area contributed by atoms with Gasteiger partial charge < -0.3 is 14.2 Å². The molecule has 0 rings (SSSR count). The number of hydrogen-bond acceptors (Lipinski definition) is 5. The lowest BCUT2D eigenvalue weighted by Crippen LogP contribution is -2.28. The third-order valence-electron chi connectivity index (χ3n) is 1.41. The van der Waals surface area contributed by atoms with E-state index in [0.717, 1.165) is 0 Å². The van der Waals surface area contributed by atoms with Crippen LogP contribution in [0.4, 0.5) is 0 Å². The molecule has 0 fully saturated rings. The molecular weight excluding hydrogens is 176 g/mol. The summed E-state index contributed by atoms with van der Waals surface area (Å²) in [4.78, 5) is 21.8. The van der Waals surface area contributed by atoms with Crippen molar-refractivity contribution in [2.24, 2.45) is 0 Å². The smallest absolute Gasteiger partial charge is 0.335 e. The van der Waals surface area contributed by atoms with Gasteiger partial charge in [-0.25, -0.2) is 4.79 Å². The van der Waals surface area contributed by atoms with Crippen LogP contribution in [-0.4, -0.2) is 38.9 Å². The van der Waals surface area contributed by atoms with Crippen LogP contribution >= 0.6 is 0 Å². The topological polar surface area (TPSA) is 61.8 Å². The second kappa shape index (κ2) is 6.42. The maximum Gasteiger partial charge on any atom is 0.335 e. The summed E-state index contributed by atoms with van der Waals surface area (Å²) in [6, 6.07) is 0. The van der Waals surface area contributed by atoms with Gasteiger partial charge in [0.1, 0.15) is 0 Å². The van der Waals surface area contributed by atoms with Gasteiger partial charge in [0.15, 0.2) is 6.10 Å². The maximum absolute atomic E-state index is 11.0. The van der Waals surface area contributed by atoms with Crippen LogP contribution in [0.25, 0.3) is 0 Å². The van der Waals surface area contributed by atoms with Crippen LogP contribution < -0.4 is 0 Å². The Hall–Kier alpha value is -1.10. The number of carbonyl (C=O) groups is 2. The van der Waals surface area contributed by atoms with Gasteiger partial charge in [-0.3, -0.25) is 4.79 Å². The van der Waals surface area contributed by atoms with Crippen molar-refractivity contribution in [3.05, 3.63) is 0 Å². The summed E-state index contributed by atoms with van der Waals surface area (Å²) < 4.78 is 13.8. The molecule has 0 saturated carbocycles. The molecule has 0 spiro atoms. The molecule has 0 unspecified atom stereocenters. The molecule has 0 aromatic heterocycles. The third-order valence-corrected chi connectivity index (χ3v) is 1.41. The van der Waals surface area contributed by atoms with Crippen LogP contribution in [0, 0.1) is 0 Å². The number of methoxy groups -OCH3 is 2. The fourth-order valence-electron chi connectivity index (χ4n) is 0.778. The molecule has 0 N–H and O–H groups in total. The van der Waals surface area contributed by atoms with Crippen LogP contribution in [0.1, 0.15) is 13.3 Å². The Kier molecular flexibility index (Phi) is 5.88. The minimum absolute atomic E-state index is 0.114. The zero-order chi connectivity index (χ0) is 10.3. The van der Waals surface area contributed by atoms with Crippen molar-refractivity contribution in [2.75, 3.05) is 20.8 Å². The number of carbonyl (C=O) groups excluding carboxylic acids is 2. The molecule has 13 heavy (non-hydrogen) atoms. The monoisotopic (exact) mass is 190 g/mol. The fourth-order valence-corrected chi connectivity index (χ4v) is 0.778. The van der Waals surface area contributed by atoms with Gasteiger partial charge in [0.05, 0.1) is 20.6 Å². The lowest BCUT2D eigenvalue weighted by molar-refractivity contribution is -0.160. The Morgan fingerprint density at radius 1 is 1.23 bits per heavy atom. The summed E-state index contributed by atoms with van der Waals surface area (Å²) >= 11 is 0. The molecule has 0 bridgehead atoms. The molecule has 0 heterocycles. The third kappa shape index (κ3) is 4.47. The molecule has 0 radical (unpaired) electrons. The largest absolute Gasteiger partial charge is 0.469 e. The SMILES string of the molecule is CCO[C@H](CC(=O)OC)C(=O)OC. The van der Waals surface area contributed by atoms with Gasteiger partial charge in [-0.15, -0.1) is 0 Å². The van der Waals surface area contributed by atoms with Gasteiger partial charge >= 0.3 is 11.9 Å². The first kappa shape index (κ1) is 11.9. The second-order valence-electron chi connectivity index (χ2n) is 2.25. The molecule has 0 aromatic rings. The van der Waals surface area contributed by atoms with E-state index < -0.39 is 18.0 Å². The lowest BCUT2D eigenvalue weighted by Gasteiger charge is -2.12. The van der Waals surface area contributed by atoms with Gasteiger partial charge in [0.2, 0.25) is 0 Å². The molecule has 0 aromatic carbocycles. The lowest BCUT2D eigenvalue weighted by atomic mass is 10.2. The quantitative estimate of drug-likeness (QED) is 0.576. The highest BCUT2D eigenvalue weighted by Gasteiger charge is 2.23. The Bertz CT molecular complexity index is 177. The summed E-state index contributed by atoms with van der Waals surface area (Å²) in [5, 5.41) is 0. The van der Waals surface area contributed by atoms with E-state index in [1.165, 1.54) is 14.2 Å². The predicted octanol–water partition coefficient (Wildman–Crippen LogP) is 0.128. The molecule has 0 aliphatic rings. The average Bonchev–Trinajstić information content (AvgIpc) is 2.15. The Balaban J connectivity index is 4.08. The Morgan fingerprint density at radius 3 is 2.23 bits per heavy atom. The minimum atomic E-state index is -0.859. The van der Waals surface area contributed by atoms with E-state index in [-0.39, 0.29) is 6.42 Å². The van der Waals surface area contributed by atoms with Crippen molar-refractivity contribution in [3.63, 3.8) is 0 Å². The molecule has 0 saturated heterocycles. The zero-order valence-corrected chi connectivity index (χ0v) is 8.03. The summed E-state index contributed by atoms with van der Waals surface area (Å²) in [7, 11) is 2.49. The first-order valence-corrected chi connectivity index (χ1v) is 3.91. The molecular formula is C8H14O5. The summed E-state index contributed by atoms with van der Waals surface area (Å²) in [6.45, 7) is 2.07. The zero-order valence-electron chi connectivity index (χ0n) is 8.03. The van der Waals surface area contributed by atoms with E-state index in [2.05, 4.69) is 9.47 Å². The summed E-state index contributed by atoms with van der Waals surface area (Å²) in [5.41, 5.74) is 0. The highest BCUT2D eigenvalue weighted by Crippen LogP contribution is 2.02. The number of esters is 2. The van der Waals surface area contributed by atoms with Gasteiger partial charge in [-0.1, -0.05) is 0 Å². The highest BCUT2D eigenvalue weighted by atomic mass is 16.6. The van der Waals surface area contributed by atoms with E-state index in [4.69, 9.17) is 4.74 Å². The Morgan fingerprint density at radius 2 is 1.85 bits per heavy atom. The van der Waals surface area contributed by atoms with E-state index in [9.17, 15) is 9.59 Å². The van der Waals surface area contributed by atoms with Crippen LogP contribution in [0.2, 0.25) is 0 Å². The van der Waals surface area contributed by atoms with E-state index in [0.29, 0.717) is 6.61 Å².